The van der Waals surface area contributed by atoms with Gasteiger partial charge in [0.2, 0.25) is 0 Å². The van der Waals surface area contributed by atoms with Crippen molar-refractivity contribution in [3.63, 3.8) is 0 Å². The number of aromatic nitrogens is 1. The lowest BCUT2D eigenvalue weighted by Gasteiger charge is -2.19. The number of hydrogen-bond donors (Lipinski definition) is 1. The van der Waals surface area contributed by atoms with Crippen LogP contribution in [0.1, 0.15) is 25.5 Å². The SMILES string of the molecule is CCOc1ccc(-c2nc(CN(C)CC(O)C3CC3)cs2)cc1. The second-order valence-electron chi connectivity index (χ2n) is 6.20. The Kier molecular flexibility index (Phi) is 5.30. The molecule has 1 atom stereocenters. The smallest absolute Gasteiger partial charge is 0.123 e. The van der Waals surface area contributed by atoms with E-state index in [4.69, 9.17) is 9.72 Å². The molecule has 23 heavy (non-hydrogen) atoms. The van der Waals surface area contributed by atoms with Gasteiger partial charge < -0.3 is 9.84 Å². The van der Waals surface area contributed by atoms with Gasteiger partial charge in [0, 0.05) is 24.0 Å². The molecule has 124 valence electrons. The van der Waals surface area contributed by atoms with Gasteiger partial charge in [0.15, 0.2) is 0 Å². The first-order chi connectivity index (χ1) is 11.2. The van der Waals surface area contributed by atoms with Gasteiger partial charge in [-0.2, -0.15) is 0 Å². The van der Waals surface area contributed by atoms with Crippen LogP contribution < -0.4 is 4.74 Å². The summed E-state index contributed by atoms with van der Waals surface area (Å²) in [6, 6.07) is 8.07. The summed E-state index contributed by atoms with van der Waals surface area (Å²) < 4.78 is 5.47. The van der Waals surface area contributed by atoms with Crippen LogP contribution in [0.4, 0.5) is 0 Å². The second kappa shape index (κ2) is 7.43. The molecule has 0 bridgehead atoms. The number of nitrogens with zero attached hydrogens (tertiary/aromatic N) is 2. The van der Waals surface area contributed by atoms with Crippen molar-refractivity contribution in [3.8, 4) is 16.3 Å². The third-order valence-electron chi connectivity index (χ3n) is 4.06. The highest BCUT2D eigenvalue weighted by molar-refractivity contribution is 7.13. The Balaban J connectivity index is 1.58. The van der Waals surface area contributed by atoms with Crippen molar-refractivity contribution in [2.75, 3.05) is 20.2 Å². The number of aliphatic hydroxyl groups excluding tert-OH is 1. The summed E-state index contributed by atoms with van der Waals surface area (Å²) in [6.07, 6.45) is 2.16. The van der Waals surface area contributed by atoms with E-state index in [9.17, 15) is 5.11 Å². The van der Waals surface area contributed by atoms with Gasteiger partial charge in [0.25, 0.3) is 0 Å². The summed E-state index contributed by atoms with van der Waals surface area (Å²) in [6.45, 7) is 4.16. The minimum absolute atomic E-state index is 0.191. The molecule has 1 fully saturated rings. The standard InChI is InChI=1S/C18H24N2O2S/c1-3-22-16-8-6-14(7-9-16)18-19-15(12-23-18)10-20(2)11-17(21)13-4-5-13/h6-9,12-13,17,21H,3-5,10-11H2,1-2H3. The molecule has 1 unspecified atom stereocenters. The van der Waals surface area contributed by atoms with E-state index >= 15 is 0 Å². The van der Waals surface area contributed by atoms with Crippen molar-refractivity contribution < 1.29 is 9.84 Å². The lowest BCUT2D eigenvalue weighted by Crippen LogP contribution is -2.30. The molecule has 2 aromatic rings. The zero-order valence-electron chi connectivity index (χ0n) is 13.7. The van der Waals surface area contributed by atoms with Crippen LogP contribution in [-0.2, 0) is 6.54 Å². The summed E-state index contributed by atoms with van der Waals surface area (Å²) in [4.78, 5) is 6.87. The fraction of sp³-hybridized carbons (Fsp3) is 0.500. The fourth-order valence-electron chi connectivity index (χ4n) is 2.66. The highest BCUT2D eigenvalue weighted by atomic mass is 32.1. The molecule has 0 radical (unpaired) electrons. The van der Waals surface area contributed by atoms with Crippen LogP contribution in [0.5, 0.6) is 5.75 Å². The summed E-state index contributed by atoms with van der Waals surface area (Å²) in [5.74, 6) is 1.41. The van der Waals surface area contributed by atoms with Gasteiger partial charge in [-0.25, -0.2) is 4.98 Å². The van der Waals surface area contributed by atoms with E-state index in [1.54, 1.807) is 11.3 Å². The quantitative estimate of drug-likeness (QED) is 0.805. The number of likely N-dealkylation sites (N-methyl/N-ethyl adjacent to an activating group) is 1. The third kappa shape index (κ3) is 4.53. The normalized spacial score (nSPS) is 15.8. The van der Waals surface area contributed by atoms with E-state index in [1.807, 2.05) is 38.2 Å². The molecule has 3 rings (SSSR count). The van der Waals surface area contributed by atoms with Gasteiger partial charge >= 0.3 is 0 Å². The number of benzene rings is 1. The van der Waals surface area contributed by atoms with Crippen LogP contribution in [0.2, 0.25) is 0 Å². The molecule has 5 heteroatoms. The minimum atomic E-state index is -0.191. The zero-order chi connectivity index (χ0) is 16.2. The first-order valence-electron chi connectivity index (χ1n) is 8.20. The summed E-state index contributed by atoms with van der Waals surface area (Å²) in [7, 11) is 2.04. The van der Waals surface area contributed by atoms with E-state index in [0.717, 1.165) is 35.1 Å². The maximum absolute atomic E-state index is 10.0. The van der Waals surface area contributed by atoms with Crippen molar-refractivity contribution in [1.82, 2.24) is 9.88 Å². The molecule has 0 saturated heterocycles. The predicted octanol–water partition coefficient (Wildman–Crippen LogP) is 3.41. The molecule has 0 amide bonds. The lowest BCUT2D eigenvalue weighted by atomic mass is 10.2. The fourth-order valence-corrected chi connectivity index (χ4v) is 3.48. The Hall–Kier alpha value is -1.43. The highest BCUT2D eigenvalue weighted by Gasteiger charge is 2.30. The maximum atomic E-state index is 10.0. The van der Waals surface area contributed by atoms with Gasteiger partial charge in [-0.05, 0) is 57.0 Å². The zero-order valence-corrected chi connectivity index (χ0v) is 14.6. The van der Waals surface area contributed by atoms with Crippen molar-refractivity contribution in [3.05, 3.63) is 35.3 Å². The van der Waals surface area contributed by atoms with Gasteiger partial charge in [-0.3, -0.25) is 4.90 Å². The third-order valence-corrected chi connectivity index (χ3v) is 5.00. The number of thiazole rings is 1. The Labute approximate surface area is 141 Å². The van der Waals surface area contributed by atoms with Gasteiger partial charge in [-0.15, -0.1) is 11.3 Å². The molecular weight excluding hydrogens is 308 g/mol. The Morgan fingerprint density at radius 3 is 2.74 bits per heavy atom. The van der Waals surface area contributed by atoms with Crippen LogP contribution in [0, 0.1) is 5.92 Å². The maximum Gasteiger partial charge on any atom is 0.123 e. The minimum Gasteiger partial charge on any atom is -0.494 e. The predicted molar refractivity (Wildman–Crippen MR) is 93.8 cm³/mol. The topological polar surface area (TPSA) is 45.6 Å². The van der Waals surface area contributed by atoms with Crippen LogP contribution in [-0.4, -0.2) is 41.3 Å². The van der Waals surface area contributed by atoms with Gasteiger partial charge in [-0.1, -0.05) is 0 Å². The number of rotatable bonds is 8. The molecule has 1 aliphatic rings. The van der Waals surface area contributed by atoms with E-state index in [1.165, 1.54) is 12.8 Å². The summed E-state index contributed by atoms with van der Waals surface area (Å²) in [5.41, 5.74) is 2.18. The molecule has 1 saturated carbocycles. The van der Waals surface area contributed by atoms with E-state index < -0.39 is 0 Å². The second-order valence-corrected chi connectivity index (χ2v) is 7.06. The van der Waals surface area contributed by atoms with Crippen molar-refractivity contribution >= 4 is 11.3 Å². The monoisotopic (exact) mass is 332 g/mol. The van der Waals surface area contributed by atoms with Crippen LogP contribution >= 0.6 is 11.3 Å². The highest BCUT2D eigenvalue weighted by Crippen LogP contribution is 2.33. The molecular formula is C18H24N2O2S. The van der Waals surface area contributed by atoms with Crippen LogP contribution in [0.25, 0.3) is 10.6 Å². The summed E-state index contributed by atoms with van der Waals surface area (Å²) in [5, 5.41) is 13.1. The first-order valence-corrected chi connectivity index (χ1v) is 9.08. The van der Waals surface area contributed by atoms with Crippen molar-refractivity contribution in [1.29, 1.82) is 0 Å². The Morgan fingerprint density at radius 2 is 2.09 bits per heavy atom. The molecule has 0 spiro atoms. The largest absolute Gasteiger partial charge is 0.494 e. The molecule has 0 aliphatic heterocycles. The van der Waals surface area contributed by atoms with Gasteiger partial charge in [0.1, 0.15) is 10.8 Å². The number of hydrogen-bond acceptors (Lipinski definition) is 5. The average Bonchev–Trinajstić information content (AvgIpc) is 3.29. The Morgan fingerprint density at radius 1 is 1.35 bits per heavy atom. The molecule has 4 nitrogen and oxygen atoms in total. The average molecular weight is 332 g/mol. The molecule has 1 aromatic carbocycles. The van der Waals surface area contributed by atoms with Gasteiger partial charge in [0.05, 0.1) is 18.4 Å². The van der Waals surface area contributed by atoms with E-state index in [2.05, 4.69) is 10.3 Å². The lowest BCUT2D eigenvalue weighted by molar-refractivity contribution is 0.104. The molecule has 1 aliphatic carbocycles. The van der Waals surface area contributed by atoms with Crippen molar-refractivity contribution in [2.24, 2.45) is 5.92 Å². The molecule has 1 aromatic heterocycles. The van der Waals surface area contributed by atoms with Crippen LogP contribution in [0.15, 0.2) is 29.6 Å². The Bertz CT molecular complexity index is 622. The van der Waals surface area contributed by atoms with E-state index in [0.29, 0.717) is 12.5 Å². The first kappa shape index (κ1) is 16.4. The number of ether oxygens (including phenoxy) is 1. The van der Waals surface area contributed by atoms with Crippen LogP contribution in [0.3, 0.4) is 0 Å². The van der Waals surface area contributed by atoms with Crippen molar-refractivity contribution in [2.45, 2.75) is 32.4 Å². The molecule has 1 heterocycles. The number of aliphatic hydroxyl groups is 1. The van der Waals surface area contributed by atoms with E-state index in [-0.39, 0.29) is 6.10 Å². The summed E-state index contributed by atoms with van der Waals surface area (Å²) >= 11 is 1.66. The molecule has 1 N–H and O–H groups in total.